The molecule has 1 saturated heterocycles. The minimum Gasteiger partial charge on any atom is -0.347 e. The number of thiophene rings is 1. The van der Waals surface area contributed by atoms with Gasteiger partial charge in [-0.25, -0.2) is 8.42 Å². The normalized spacial score (nSPS) is 15.4. The first-order valence-electron chi connectivity index (χ1n) is 10.8. The first kappa shape index (κ1) is 23.9. The summed E-state index contributed by atoms with van der Waals surface area (Å²) in [4.78, 5) is 13.0. The van der Waals surface area contributed by atoms with Crippen molar-refractivity contribution in [1.82, 2.24) is 14.9 Å². The fourth-order valence-electron chi connectivity index (χ4n) is 3.79. The van der Waals surface area contributed by atoms with Gasteiger partial charge in [-0.1, -0.05) is 41.9 Å². The van der Waals surface area contributed by atoms with Crippen molar-refractivity contribution in [3.8, 4) is 0 Å². The van der Waals surface area contributed by atoms with Crippen molar-refractivity contribution in [1.29, 1.82) is 0 Å². The fraction of sp³-hybridized carbons (Fsp3) is 0.292. The summed E-state index contributed by atoms with van der Waals surface area (Å²) in [6, 6.07) is 20.4. The molecule has 0 radical (unpaired) electrons. The second kappa shape index (κ2) is 10.8. The molecule has 4 rings (SSSR count). The number of carbonyl (C=O) groups is 1. The summed E-state index contributed by atoms with van der Waals surface area (Å²) in [7, 11) is -3.53. The van der Waals surface area contributed by atoms with Gasteiger partial charge in [-0.15, -0.1) is 11.3 Å². The third-order valence-electron chi connectivity index (χ3n) is 5.63. The molecular formula is C24H26ClN3O3S2. The molecule has 0 bridgehead atoms. The Kier molecular flexibility index (Phi) is 7.82. The van der Waals surface area contributed by atoms with E-state index in [-0.39, 0.29) is 11.9 Å². The second-order valence-electron chi connectivity index (χ2n) is 7.96. The molecule has 2 heterocycles. The van der Waals surface area contributed by atoms with Crippen LogP contribution in [0.4, 0.5) is 0 Å². The molecule has 2 aromatic carbocycles. The lowest BCUT2D eigenvalue weighted by Crippen LogP contribution is -2.44. The maximum Gasteiger partial charge on any atom is 0.252 e. The zero-order chi connectivity index (χ0) is 23.3. The minimum atomic E-state index is -3.53. The average molecular weight is 504 g/mol. The fourth-order valence-corrected chi connectivity index (χ4v) is 6.92. The molecule has 0 aliphatic carbocycles. The highest BCUT2D eigenvalue weighted by Crippen LogP contribution is 2.27. The van der Waals surface area contributed by atoms with E-state index in [1.54, 1.807) is 40.7 Å². The van der Waals surface area contributed by atoms with Gasteiger partial charge in [0.2, 0.25) is 0 Å². The summed E-state index contributed by atoms with van der Waals surface area (Å²) in [5, 5.41) is 7.06. The molecule has 174 valence electrons. The van der Waals surface area contributed by atoms with Crippen LogP contribution in [0.1, 0.15) is 33.6 Å². The Morgan fingerprint density at radius 1 is 1.00 bits per heavy atom. The number of nitrogens with one attached hydrogen (secondary N) is 2. The molecule has 33 heavy (non-hydrogen) atoms. The summed E-state index contributed by atoms with van der Waals surface area (Å²) >= 11 is 7.25. The van der Waals surface area contributed by atoms with Crippen LogP contribution in [-0.2, 0) is 23.1 Å². The molecule has 2 N–H and O–H groups in total. The van der Waals surface area contributed by atoms with Gasteiger partial charge in [-0.3, -0.25) is 4.79 Å². The topological polar surface area (TPSA) is 78.5 Å². The summed E-state index contributed by atoms with van der Waals surface area (Å²) in [5.74, 6) is -0.180. The Hall–Kier alpha value is -2.23. The summed E-state index contributed by atoms with van der Waals surface area (Å²) in [5.41, 5.74) is 1.69. The van der Waals surface area contributed by atoms with Crippen LogP contribution in [0.5, 0.6) is 0 Å². The Balaban J connectivity index is 1.28. The third-order valence-corrected chi connectivity index (χ3v) is 9.31. The van der Waals surface area contributed by atoms with E-state index in [0.29, 0.717) is 41.0 Å². The van der Waals surface area contributed by atoms with Gasteiger partial charge in [0, 0.05) is 41.1 Å². The van der Waals surface area contributed by atoms with Crippen molar-refractivity contribution in [3.05, 3.63) is 87.8 Å². The maximum absolute atomic E-state index is 13.1. The number of amides is 1. The molecule has 9 heteroatoms. The van der Waals surface area contributed by atoms with Gasteiger partial charge in [0.1, 0.15) is 4.21 Å². The highest BCUT2D eigenvalue weighted by atomic mass is 35.5. The van der Waals surface area contributed by atoms with Gasteiger partial charge in [-0.2, -0.15) is 4.31 Å². The Morgan fingerprint density at radius 2 is 1.76 bits per heavy atom. The lowest BCUT2D eigenvalue weighted by molar-refractivity contribution is 0.0951. The number of halogens is 1. The van der Waals surface area contributed by atoms with Crippen molar-refractivity contribution < 1.29 is 13.2 Å². The van der Waals surface area contributed by atoms with Gasteiger partial charge < -0.3 is 10.6 Å². The van der Waals surface area contributed by atoms with E-state index in [0.717, 1.165) is 23.3 Å². The van der Waals surface area contributed by atoms with Crippen LogP contribution in [0.2, 0.25) is 5.02 Å². The monoisotopic (exact) mass is 503 g/mol. The number of sulfonamides is 1. The highest BCUT2D eigenvalue weighted by Gasteiger charge is 2.30. The summed E-state index contributed by atoms with van der Waals surface area (Å²) in [6.07, 6.45) is 1.51. The van der Waals surface area contributed by atoms with Gasteiger partial charge in [-0.05, 0) is 54.8 Å². The highest BCUT2D eigenvalue weighted by molar-refractivity contribution is 7.91. The zero-order valence-corrected chi connectivity index (χ0v) is 20.4. The standard InChI is InChI=1S/C24H26ClN3O3S2/c25-20-8-4-5-18(15-20)16-26-21-11-13-28(14-12-21)33(30,31)23-10-9-22(32-23)17-27-24(29)19-6-2-1-3-7-19/h1-10,15,21,26H,11-14,16-17H2,(H,27,29). The van der Waals surface area contributed by atoms with Crippen LogP contribution in [0.25, 0.3) is 0 Å². The van der Waals surface area contributed by atoms with Crippen LogP contribution in [-0.4, -0.2) is 37.8 Å². The zero-order valence-electron chi connectivity index (χ0n) is 18.0. The van der Waals surface area contributed by atoms with Gasteiger partial charge in [0.15, 0.2) is 0 Å². The molecule has 0 spiro atoms. The molecule has 1 aromatic heterocycles. The van der Waals surface area contributed by atoms with Crippen LogP contribution in [0.15, 0.2) is 70.9 Å². The largest absolute Gasteiger partial charge is 0.347 e. The van der Waals surface area contributed by atoms with Crippen molar-refractivity contribution in [3.63, 3.8) is 0 Å². The molecule has 0 saturated carbocycles. The molecule has 0 unspecified atom stereocenters. The van der Waals surface area contributed by atoms with E-state index in [1.165, 1.54) is 11.3 Å². The van der Waals surface area contributed by atoms with Crippen LogP contribution >= 0.6 is 22.9 Å². The molecule has 3 aromatic rings. The molecule has 1 fully saturated rings. The van der Waals surface area contributed by atoms with Crippen LogP contribution in [0, 0.1) is 0 Å². The first-order chi connectivity index (χ1) is 15.9. The predicted octanol–water partition coefficient (Wildman–Crippen LogP) is 4.27. The second-order valence-corrected chi connectivity index (χ2v) is 11.7. The first-order valence-corrected chi connectivity index (χ1v) is 13.5. The number of piperidine rings is 1. The number of benzene rings is 2. The molecule has 6 nitrogen and oxygen atoms in total. The van der Waals surface area contributed by atoms with Gasteiger partial charge in [0.05, 0.1) is 6.54 Å². The number of rotatable bonds is 8. The minimum absolute atomic E-state index is 0.180. The molecule has 1 amide bonds. The van der Waals surface area contributed by atoms with Crippen molar-refractivity contribution in [2.75, 3.05) is 13.1 Å². The summed E-state index contributed by atoms with van der Waals surface area (Å²) in [6.45, 7) is 1.96. The number of hydrogen-bond donors (Lipinski definition) is 2. The van der Waals surface area contributed by atoms with Gasteiger partial charge in [0.25, 0.3) is 15.9 Å². The van der Waals surface area contributed by atoms with E-state index in [1.807, 2.05) is 30.3 Å². The molecule has 0 atom stereocenters. The maximum atomic E-state index is 13.1. The van der Waals surface area contributed by atoms with Gasteiger partial charge >= 0.3 is 0 Å². The van der Waals surface area contributed by atoms with E-state index in [2.05, 4.69) is 10.6 Å². The van der Waals surface area contributed by atoms with E-state index in [4.69, 9.17) is 11.6 Å². The average Bonchev–Trinajstić information content (AvgIpc) is 3.32. The lowest BCUT2D eigenvalue weighted by atomic mass is 10.1. The quantitative estimate of drug-likeness (QED) is 0.481. The van der Waals surface area contributed by atoms with Crippen molar-refractivity contribution >= 4 is 38.9 Å². The lowest BCUT2D eigenvalue weighted by Gasteiger charge is -2.31. The molecule has 1 aliphatic rings. The Morgan fingerprint density at radius 3 is 2.48 bits per heavy atom. The molecule has 1 aliphatic heterocycles. The van der Waals surface area contributed by atoms with Crippen LogP contribution < -0.4 is 10.6 Å². The number of carbonyl (C=O) groups excluding carboxylic acids is 1. The van der Waals surface area contributed by atoms with E-state index >= 15 is 0 Å². The van der Waals surface area contributed by atoms with Crippen molar-refractivity contribution in [2.45, 2.75) is 36.2 Å². The summed E-state index contributed by atoms with van der Waals surface area (Å²) < 4.78 is 28.1. The third kappa shape index (κ3) is 6.22. The Labute approximate surface area is 203 Å². The SMILES string of the molecule is O=C(NCc1ccc(S(=O)(=O)N2CCC(NCc3cccc(Cl)c3)CC2)s1)c1ccccc1. The van der Waals surface area contributed by atoms with E-state index in [9.17, 15) is 13.2 Å². The van der Waals surface area contributed by atoms with Crippen molar-refractivity contribution in [2.24, 2.45) is 0 Å². The van der Waals surface area contributed by atoms with Crippen LogP contribution in [0.3, 0.4) is 0 Å². The van der Waals surface area contributed by atoms with E-state index < -0.39 is 10.0 Å². The smallest absolute Gasteiger partial charge is 0.252 e. The predicted molar refractivity (Wildman–Crippen MR) is 132 cm³/mol. The number of hydrogen-bond acceptors (Lipinski definition) is 5. The Bertz CT molecular complexity index is 1190. The number of nitrogens with zero attached hydrogens (tertiary/aromatic N) is 1. The molecular weight excluding hydrogens is 478 g/mol.